The molecule has 3 nitrogen and oxygen atoms in total. The molecule has 2 aromatic heterocycles. The van der Waals surface area contributed by atoms with Crippen molar-refractivity contribution in [1.29, 1.82) is 0 Å². The molecule has 0 saturated carbocycles. The van der Waals surface area contributed by atoms with Crippen LogP contribution in [0.1, 0.15) is 42.9 Å². The van der Waals surface area contributed by atoms with Crippen molar-refractivity contribution in [2.24, 2.45) is 0 Å². The quantitative estimate of drug-likeness (QED) is 0.181. The van der Waals surface area contributed by atoms with Gasteiger partial charge in [-0.05, 0) is 94.4 Å². The van der Waals surface area contributed by atoms with E-state index in [9.17, 15) is 0 Å². The van der Waals surface area contributed by atoms with E-state index < -0.39 is 0 Å². The fourth-order valence-corrected chi connectivity index (χ4v) is 11.0. The van der Waals surface area contributed by atoms with Crippen LogP contribution in [0.25, 0.3) is 66.1 Å². The summed E-state index contributed by atoms with van der Waals surface area (Å²) in [6.07, 6.45) is 5.72. The molecule has 12 rings (SSSR count). The number of fused-ring (bicyclic) bond motifs is 12. The van der Waals surface area contributed by atoms with Crippen molar-refractivity contribution >= 4 is 67.0 Å². The first-order valence-corrected chi connectivity index (χ1v) is 19.9. The van der Waals surface area contributed by atoms with Crippen LogP contribution in [-0.4, -0.2) is 0 Å². The second-order valence-corrected chi connectivity index (χ2v) is 16.6. The van der Waals surface area contributed by atoms with Crippen molar-refractivity contribution < 1.29 is 8.83 Å². The number of furan rings is 2. The lowest BCUT2D eigenvalue weighted by Crippen LogP contribution is -2.21. The number of allylic oxidation sites excluding steroid dienone is 3. The van der Waals surface area contributed by atoms with Crippen LogP contribution in [-0.2, 0) is 5.41 Å². The topological polar surface area (TPSA) is 29.5 Å². The molecular formula is C51H35NO2S. The zero-order valence-corrected chi connectivity index (χ0v) is 31.3. The average Bonchev–Trinajstić information content (AvgIpc) is 3.96. The molecule has 0 amide bonds. The van der Waals surface area contributed by atoms with Gasteiger partial charge in [-0.1, -0.05) is 129 Å². The SMILES string of the molecule is CC1(C)c2ccccc2-c2ccc(N(C3=C4Sc5ccccc5[C@@H]4CC=C3)c3ccc4oc5c(-c6ccccc6)c6c(cc5c4c3)oc3ccccc36)cc21. The summed E-state index contributed by atoms with van der Waals surface area (Å²) in [5, 5.41) is 4.29. The van der Waals surface area contributed by atoms with E-state index in [4.69, 9.17) is 8.83 Å². The molecule has 0 saturated heterocycles. The molecule has 0 spiro atoms. The van der Waals surface area contributed by atoms with Crippen molar-refractivity contribution in [3.05, 3.63) is 185 Å². The molecule has 0 bridgehead atoms. The van der Waals surface area contributed by atoms with Crippen LogP contribution < -0.4 is 4.90 Å². The van der Waals surface area contributed by atoms with Crippen molar-refractivity contribution in [3.8, 4) is 22.3 Å². The summed E-state index contributed by atoms with van der Waals surface area (Å²) in [5.41, 5.74) is 15.8. The van der Waals surface area contributed by atoms with Gasteiger partial charge in [0.05, 0.1) is 5.70 Å². The third-order valence-corrected chi connectivity index (χ3v) is 13.5. The van der Waals surface area contributed by atoms with Crippen LogP contribution in [0, 0.1) is 0 Å². The monoisotopic (exact) mass is 725 g/mol. The first kappa shape index (κ1) is 31.2. The Kier molecular flexibility index (Phi) is 6.45. The molecule has 0 radical (unpaired) electrons. The summed E-state index contributed by atoms with van der Waals surface area (Å²) in [4.78, 5) is 5.25. The Balaban J connectivity index is 1.12. The lowest BCUT2D eigenvalue weighted by molar-refractivity contribution is 0.660. The Morgan fingerprint density at radius 3 is 2.29 bits per heavy atom. The summed E-state index contributed by atoms with van der Waals surface area (Å²) in [6.45, 7) is 4.72. The number of nitrogens with zero attached hydrogens (tertiary/aromatic N) is 1. The van der Waals surface area contributed by atoms with E-state index in [1.165, 1.54) is 43.3 Å². The van der Waals surface area contributed by atoms with Crippen molar-refractivity contribution in [2.75, 3.05) is 4.90 Å². The van der Waals surface area contributed by atoms with Gasteiger partial charge in [0.15, 0.2) is 0 Å². The standard InChI is InChI=1S/C51H35NO2S/c1-51(2)40-19-9-6-15-33(40)34-25-23-32(28-41(34)51)52(42-20-12-18-36-35-16-8-11-22-46(35)55-50(36)42)31-24-26-44-38(27-31)39-29-45-48(37-17-7-10-21-43(37)53-45)47(49(39)54-44)30-13-4-3-5-14-30/h3-17,19-29,36H,18H2,1-2H3/t36-/m0/s1. The maximum Gasteiger partial charge on any atom is 0.144 e. The third-order valence-electron chi connectivity index (χ3n) is 12.2. The van der Waals surface area contributed by atoms with Crippen LogP contribution in [0.15, 0.2) is 182 Å². The molecule has 0 fully saturated rings. The van der Waals surface area contributed by atoms with Gasteiger partial charge in [0.2, 0.25) is 0 Å². The van der Waals surface area contributed by atoms with Gasteiger partial charge < -0.3 is 13.7 Å². The Bertz CT molecular complexity index is 3140. The van der Waals surface area contributed by atoms with Gasteiger partial charge in [0.1, 0.15) is 22.3 Å². The van der Waals surface area contributed by atoms with E-state index in [2.05, 4.69) is 170 Å². The zero-order chi connectivity index (χ0) is 36.4. The summed E-state index contributed by atoms with van der Waals surface area (Å²) < 4.78 is 13.5. The fraction of sp³-hybridized carbons (Fsp3) is 0.0980. The number of rotatable bonds is 4. The Labute approximate surface area is 323 Å². The van der Waals surface area contributed by atoms with E-state index in [0.717, 1.165) is 72.8 Å². The normalized spacial score (nSPS) is 16.6. The van der Waals surface area contributed by atoms with Crippen molar-refractivity contribution in [3.63, 3.8) is 0 Å². The molecule has 1 aliphatic heterocycles. The Morgan fingerprint density at radius 2 is 1.36 bits per heavy atom. The number of para-hydroxylation sites is 1. The first-order chi connectivity index (χ1) is 27.0. The van der Waals surface area contributed by atoms with Crippen LogP contribution in [0.4, 0.5) is 11.4 Å². The number of anilines is 2. The molecule has 4 heteroatoms. The van der Waals surface area contributed by atoms with Crippen LogP contribution in [0.2, 0.25) is 0 Å². The molecule has 3 heterocycles. The summed E-state index contributed by atoms with van der Waals surface area (Å²) in [6, 6.07) is 52.7. The number of hydrogen-bond acceptors (Lipinski definition) is 4. The fourth-order valence-electron chi connectivity index (χ4n) is 9.62. The number of thioether (sulfide) groups is 1. The lowest BCUT2D eigenvalue weighted by Gasteiger charge is -2.32. The van der Waals surface area contributed by atoms with E-state index in [-0.39, 0.29) is 5.41 Å². The van der Waals surface area contributed by atoms with E-state index in [0.29, 0.717) is 5.92 Å². The maximum atomic E-state index is 6.90. The minimum atomic E-state index is -0.120. The minimum absolute atomic E-state index is 0.120. The maximum absolute atomic E-state index is 6.90. The van der Waals surface area contributed by atoms with Crippen molar-refractivity contribution in [2.45, 2.75) is 36.5 Å². The van der Waals surface area contributed by atoms with Crippen LogP contribution in [0.5, 0.6) is 0 Å². The van der Waals surface area contributed by atoms with Gasteiger partial charge in [-0.25, -0.2) is 0 Å². The molecule has 0 unspecified atom stereocenters. The highest BCUT2D eigenvalue weighted by atomic mass is 32.2. The summed E-state index contributed by atoms with van der Waals surface area (Å²) >= 11 is 1.93. The van der Waals surface area contributed by atoms with Gasteiger partial charge in [-0.3, -0.25) is 0 Å². The average molecular weight is 726 g/mol. The van der Waals surface area contributed by atoms with Gasteiger partial charge in [0.25, 0.3) is 0 Å². The van der Waals surface area contributed by atoms with Crippen LogP contribution >= 0.6 is 11.8 Å². The molecule has 3 aliphatic rings. The molecular weight excluding hydrogens is 691 g/mol. The Hall–Kier alpha value is -6.23. The Morgan fingerprint density at radius 1 is 0.618 bits per heavy atom. The lowest BCUT2D eigenvalue weighted by atomic mass is 9.82. The highest BCUT2D eigenvalue weighted by Crippen LogP contribution is 2.56. The van der Waals surface area contributed by atoms with E-state index in [1.54, 1.807) is 0 Å². The predicted octanol–water partition coefficient (Wildman–Crippen LogP) is 14.7. The van der Waals surface area contributed by atoms with Gasteiger partial charge in [0, 0.05) is 59.6 Å². The van der Waals surface area contributed by atoms with Gasteiger partial charge in [-0.2, -0.15) is 0 Å². The second-order valence-electron chi connectivity index (χ2n) is 15.6. The first-order valence-electron chi connectivity index (χ1n) is 19.1. The minimum Gasteiger partial charge on any atom is -0.456 e. The predicted molar refractivity (Wildman–Crippen MR) is 228 cm³/mol. The highest BCUT2D eigenvalue weighted by molar-refractivity contribution is 8.03. The highest BCUT2D eigenvalue weighted by Gasteiger charge is 2.37. The summed E-state index contributed by atoms with van der Waals surface area (Å²) in [7, 11) is 0. The molecule has 2 aliphatic carbocycles. The van der Waals surface area contributed by atoms with Crippen molar-refractivity contribution in [1.82, 2.24) is 0 Å². The van der Waals surface area contributed by atoms with Gasteiger partial charge in [-0.15, -0.1) is 0 Å². The molecule has 55 heavy (non-hydrogen) atoms. The number of hydrogen-bond donors (Lipinski definition) is 0. The molecule has 9 aromatic rings. The smallest absolute Gasteiger partial charge is 0.144 e. The third kappa shape index (κ3) is 4.40. The van der Waals surface area contributed by atoms with E-state index in [1.807, 2.05) is 17.8 Å². The zero-order valence-electron chi connectivity index (χ0n) is 30.5. The largest absolute Gasteiger partial charge is 0.456 e. The molecule has 7 aromatic carbocycles. The molecule has 262 valence electrons. The van der Waals surface area contributed by atoms with E-state index >= 15 is 0 Å². The second kappa shape index (κ2) is 11.4. The van der Waals surface area contributed by atoms with Gasteiger partial charge >= 0.3 is 0 Å². The summed E-state index contributed by atoms with van der Waals surface area (Å²) in [5.74, 6) is 0.340. The number of benzene rings is 7. The molecule has 0 N–H and O–H groups in total. The van der Waals surface area contributed by atoms with Crippen LogP contribution in [0.3, 0.4) is 0 Å². The molecule has 1 atom stereocenters.